The van der Waals surface area contributed by atoms with E-state index in [1.165, 1.54) is 12.1 Å². The average Bonchev–Trinajstić information content (AvgIpc) is 3.19. The maximum Gasteiger partial charge on any atom is 0.270 e. The second-order valence-corrected chi connectivity index (χ2v) is 6.71. The maximum absolute atomic E-state index is 13.3. The van der Waals surface area contributed by atoms with E-state index in [1.54, 1.807) is 35.3 Å². The first kappa shape index (κ1) is 18.6. The molecule has 144 valence electrons. The summed E-state index contributed by atoms with van der Waals surface area (Å²) in [5, 5.41) is 7.55. The van der Waals surface area contributed by atoms with Gasteiger partial charge in [0.2, 0.25) is 0 Å². The summed E-state index contributed by atoms with van der Waals surface area (Å²) in [6.45, 7) is 2.36. The van der Waals surface area contributed by atoms with Crippen molar-refractivity contribution in [3.63, 3.8) is 0 Å². The van der Waals surface area contributed by atoms with Crippen molar-refractivity contribution in [2.45, 2.75) is 13.5 Å². The van der Waals surface area contributed by atoms with Gasteiger partial charge in [0.25, 0.3) is 5.91 Å². The number of carbonyl (C=O) groups is 1. The van der Waals surface area contributed by atoms with Crippen molar-refractivity contribution in [3.8, 4) is 16.9 Å². The van der Waals surface area contributed by atoms with E-state index < -0.39 is 0 Å². The van der Waals surface area contributed by atoms with Gasteiger partial charge in [-0.3, -0.25) is 9.78 Å². The van der Waals surface area contributed by atoms with Gasteiger partial charge in [-0.1, -0.05) is 12.1 Å². The fraction of sp³-hybridized carbons (Fsp3) is 0.0870. The monoisotopic (exact) mass is 386 g/mol. The molecule has 6 heteroatoms. The number of aromatic nitrogens is 3. The Balaban J connectivity index is 1.70. The molecule has 29 heavy (non-hydrogen) atoms. The number of aryl methyl sites for hydroxylation is 1. The van der Waals surface area contributed by atoms with Crippen molar-refractivity contribution >= 4 is 5.91 Å². The molecule has 2 heterocycles. The average molecular weight is 386 g/mol. The lowest BCUT2D eigenvalue weighted by Crippen LogP contribution is -2.25. The van der Waals surface area contributed by atoms with E-state index in [4.69, 9.17) is 0 Å². The van der Waals surface area contributed by atoms with E-state index in [2.05, 4.69) is 15.4 Å². The summed E-state index contributed by atoms with van der Waals surface area (Å²) < 4.78 is 14.9. The molecule has 4 rings (SSSR count). The van der Waals surface area contributed by atoms with E-state index in [9.17, 15) is 9.18 Å². The Morgan fingerprint density at radius 1 is 1.03 bits per heavy atom. The zero-order valence-corrected chi connectivity index (χ0v) is 15.8. The molecular weight excluding hydrogens is 367 g/mol. The Kier molecular flexibility index (Phi) is 5.16. The largest absolute Gasteiger partial charge is 0.347 e. The third-order valence-corrected chi connectivity index (χ3v) is 4.53. The lowest BCUT2D eigenvalue weighted by atomic mass is 10.1. The second kappa shape index (κ2) is 8.06. The third kappa shape index (κ3) is 4.21. The zero-order valence-electron chi connectivity index (χ0n) is 15.8. The van der Waals surface area contributed by atoms with E-state index >= 15 is 0 Å². The number of rotatable bonds is 5. The number of pyridine rings is 1. The smallest absolute Gasteiger partial charge is 0.270 e. The lowest BCUT2D eigenvalue weighted by Gasteiger charge is -2.09. The van der Waals surface area contributed by atoms with E-state index in [1.807, 2.05) is 43.3 Å². The van der Waals surface area contributed by atoms with Crippen LogP contribution in [0.25, 0.3) is 16.9 Å². The van der Waals surface area contributed by atoms with Gasteiger partial charge >= 0.3 is 0 Å². The summed E-state index contributed by atoms with van der Waals surface area (Å²) in [6.07, 6.45) is 3.37. The highest BCUT2D eigenvalue weighted by Crippen LogP contribution is 2.22. The van der Waals surface area contributed by atoms with Gasteiger partial charge in [-0.2, -0.15) is 5.10 Å². The van der Waals surface area contributed by atoms with Crippen molar-refractivity contribution in [3.05, 3.63) is 102 Å². The molecule has 0 aliphatic carbocycles. The molecule has 0 fully saturated rings. The number of hydrogen-bond acceptors (Lipinski definition) is 3. The van der Waals surface area contributed by atoms with Crippen LogP contribution in [0.1, 0.15) is 21.6 Å². The Morgan fingerprint density at radius 3 is 2.52 bits per heavy atom. The summed E-state index contributed by atoms with van der Waals surface area (Å²) >= 11 is 0. The molecule has 0 saturated heterocycles. The molecule has 1 N–H and O–H groups in total. The van der Waals surface area contributed by atoms with E-state index in [0.29, 0.717) is 17.9 Å². The third-order valence-electron chi connectivity index (χ3n) is 4.53. The van der Waals surface area contributed by atoms with Gasteiger partial charge in [0.05, 0.1) is 11.4 Å². The summed E-state index contributed by atoms with van der Waals surface area (Å²) in [5.41, 5.74) is 4.54. The molecule has 2 aromatic heterocycles. The van der Waals surface area contributed by atoms with E-state index in [-0.39, 0.29) is 11.7 Å². The van der Waals surface area contributed by atoms with Gasteiger partial charge in [0.15, 0.2) is 0 Å². The first-order valence-corrected chi connectivity index (χ1v) is 9.20. The molecule has 0 aliphatic rings. The predicted molar refractivity (Wildman–Crippen MR) is 109 cm³/mol. The quantitative estimate of drug-likeness (QED) is 0.556. The molecule has 5 nitrogen and oxygen atoms in total. The molecule has 0 radical (unpaired) electrons. The highest BCUT2D eigenvalue weighted by Gasteiger charge is 2.18. The molecule has 0 unspecified atom stereocenters. The number of hydrogen-bond donors (Lipinski definition) is 1. The van der Waals surface area contributed by atoms with Crippen LogP contribution in [0.2, 0.25) is 0 Å². The van der Waals surface area contributed by atoms with Gasteiger partial charge < -0.3 is 5.32 Å². The summed E-state index contributed by atoms with van der Waals surface area (Å²) in [5.74, 6) is -0.564. The van der Waals surface area contributed by atoms with Crippen LogP contribution in [0.4, 0.5) is 4.39 Å². The molecular formula is C23H19FN4O. The van der Waals surface area contributed by atoms with Crippen LogP contribution in [0.3, 0.4) is 0 Å². The fourth-order valence-corrected chi connectivity index (χ4v) is 3.03. The Bertz CT molecular complexity index is 1140. The van der Waals surface area contributed by atoms with Gasteiger partial charge in [-0.15, -0.1) is 0 Å². The molecule has 4 aromatic rings. The number of nitrogens with one attached hydrogen (secondary N) is 1. The van der Waals surface area contributed by atoms with Crippen molar-refractivity contribution < 1.29 is 9.18 Å². The SMILES string of the molecule is Cc1cccc(-n2nc(-c3ccc(F)cc3)cc2C(=O)NCc2ccncc2)c1. The standard InChI is InChI=1S/C23H19FN4O/c1-16-3-2-4-20(13-16)28-22(23(29)26-15-17-9-11-25-12-10-17)14-21(27-28)18-5-7-19(24)8-6-18/h2-14H,15H2,1H3,(H,26,29). The topological polar surface area (TPSA) is 59.8 Å². The summed E-state index contributed by atoms with van der Waals surface area (Å²) in [6, 6.07) is 19.2. The minimum atomic E-state index is -0.317. The number of carbonyl (C=O) groups excluding carboxylic acids is 1. The minimum absolute atomic E-state index is 0.246. The lowest BCUT2D eigenvalue weighted by molar-refractivity contribution is 0.0943. The van der Waals surface area contributed by atoms with Crippen LogP contribution < -0.4 is 5.32 Å². The molecule has 0 saturated carbocycles. The Morgan fingerprint density at radius 2 is 1.79 bits per heavy atom. The van der Waals surface area contributed by atoms with Gasteiger partial charge in [-0.25, -0.2) is 9.07 Å². The number of amides is 1. The molecule has 1 amide bonds. The summed E-state index contributed by atoms with van der Waals surface area (Å²) in [4.78, 5) is 16.9. The highest BCUT2D eigenvalue weighted by molar-refractivity contribution is 5.94. The van der Waals surface area contributed by atoms with E-state index in [0.717, 1.165) is 22.4 Å². The van der Waals surface area contributed by atoms with Gasteiger partial charge in [0, 0.05) is 24.5 Å². The minimum Gasteiger partial charge on any atom is -0.347 e. The van der Waals surface area contributed by atoms with Crippen LogP contribution in [0.15, 0.2) is 79.1 Å². The van der Waals surface area contributed by atoms with Crippen LogP contribution in [-0.2, 0) is 6.54 Å². The van der Waals surface area contributed by atoms with Crippen LogP contribution in [-0.4, -0.2) is 20.7 Å². The van der Waals surface area contributed by atoms with Crippen LogP contribution in [0.5, 0.6) is 0 Å². The summed E-state index contributed by atoms with van der Waals surface area (Å²) in [7, 11) is 0. The first-order valence-electron chi connectivity index (χ1n) is 9.20. The Hall–Kier alpha value is -3.80. The van der Waals surface area contributed by atoms with Crippen molar-refractivity contribution in [2.24, 2.45) is 0 Å². The zero-order chi connectivity index (χ0) is 20.2. The van der Waals surface area contributed by atoms with Crippen molar-refractivity contribution in [1.82, 2.24) is 20.1 Å². The number of nitrogens with zero attached hydrogens (tertiary/aromatic N) is 3. The van der Waals surface area contributed by atoms with Crippen molar-refractivity contribution in [2.75, 3.05) is 0 Å². The maximum atomic E-state index is 13.3. The van der Waals surface area contributed by atoms with Crippen LogP contribution >= 0.6 is 0 Å². The molecule has 0 atom stereocenters. The first-order chi connectivity index (χ1) is 14.1. The van der Waals surface area contributed by atoms with Gasteiger partial charge in [0.1, 0.15) is 11.5 Å². The number of halogens is 1. The van der Waals surface area contributed by atoms with Crippen LogP contribution in [0, 0.1) is 12.7 Å². The predicted octanol–water partition coefficient (Wildman–Crippen LogP) is 4.31. The highest BCUT2D eigenvalue weighted by atomic mass is 19.1. The van der Waals surface area contributed by atoms with Crippen molar-refractivity contribution in [1.29, 1.82) is 0 Å². The van der Waals surface area contributed by atoms with Gasteiger partial charge in [-0.05, 0) is 72.6 Å². The normalized spacial score (nSPS) is 10.7. The molecule has 2 aromatic carbocycles. The fourth-order valence-electron chi connectivity index (χ4n) is 3.03. The molecule has 0 aliphatic heterocycles. The molecule has 0 bridgehead atoms. The molecule has 0 spiro atoms. The number of benzene rings is 2. The Labute approximate surface area is 167 Å². The second-order valence-electron chi connectivity index (χ2n) is 6.71.